The Morgan fingerprint density at radius 1 is 1.31 bits per heavy atom. The molecule has 1 aromatic carbocycles. The fourth-order valence-electron chi connectivity index (χ4n) is 3.86. The van der Waals surface area contributed by atoms with Crippen LogP contribution in [0.25, 0.3) is 10.4 Å². The zero-order valence-electron chi connectivity index (χ0n) is 18.5. The number of hydrogen-bond acceptors (Lipinski definition) is 6. The molecule has 2 atom stereocenters. The van der Waals surface area contributed by atoms with E-state index in [1.165, 1.54) is 6.07 Å². The number of nitriles is 1. The highest BCUT2D eigenvalue weighted by molar-refractivity contribution is 7.91. The number of nitrogens with zero attached hydrogens (tertiary/aromatic N) is 2. The number of sulfonamides is 1. The van der Waals surface area contributed by atoms with Crippen molar-refractivity contribution < 1.29 is 26.3 Å². The van der Waals surface area contributed by atoms with E-state index in [1.807, 2.05) is 18.0 Å². The van der Waals surface area contributed by atoms with Crippen LogP contribution in [0.15, 0.2) is 64.2 Å². The summed E-state index contributed by atoms with van der Waals surface area (Å²) in [6.07, 6.45) is -3.30. The number of likely N-dealkylation sites (tertiary alicyclic amines) is 1. The van der Waals surface area contributed by atoms with Gasteiger partial charge in [0, 0.05) is 36.2 Å². The van der Waals surface area contributed by atoms with Gasteiger partial charge in [0.1, 0.15) is 16.1 Å². The number of alkyl halides is 4. The molecule has 2 aromatic rings. The number of rotatable bonds is 6. The van der Waals surface area contributed by atoms with Crippen LogP contribution in [0, 0.1) is 11.3 Å². The predicted octanol–water partition coefficient (Wildman–Crippen LogP) is 5.00. The quantitative estimate of drug-likeness (QED) is 0.519. The maximum atomic E-state index is 13.8. The van der Waals surface area contributed by atoms with Gasteiger partial charge < -0.3 is 9.64 Å². The van der Waals surface area contributed by atoms with Gasteiger partial charge in [-0.25, -0.2) is 8.42 Å². The first kappa shape index (κ1) is 25.6. The summed E-state index contributed by atoms with van der Waals surface area (Å²) in [5.74, 6) is -0.521. The Labute approximate surface area is 210 Å². The van der Waals surface area contributed by atoms with Crippen LogP contribution in [0.3, 0.4) is 0 Å². The highest BCUT2D eigenvalue weighted by Crippen LogP contribution is 2.48. The highest BCUT2D eigenvalue weighted by atomic mass is 35.5. The molecule has 35 heavy (non-hydrogen) atoms. The average molecular weight is 544 g/mol. The van der Waals surface area contributed by atoms with Gasteiger partial charge in [-0.05, 0) is 43.3 Å². The number of thiophene rings is 1. The number of benzene rings is 1. The summed E-state index contributed by atoms with van der Waals surface area (Å²) < 4.78 is 75.5. The molecule has 0 amide bonds. The second kappa shape index (κ2) is 9.50. The Kier molecular flexibility index (Phi) is 6.94. The van der Waals surface area contributed by atoms with E-state index in [1.54, 1.807) is 30.3 Å². The highest BCUT2D eigenvalue weighted by Gasteiger charge is 2.58. The SMILES string of the molecule is CN1CC[C@@H](OC2=CC(NS(=O)(=O)c3ccc(-c4cccc(C#N)c4)s3)=CCC2(Cl)C(F)(F)F)C1. The third kappa shape index (κ3) is 5.35. The minimum atomic E-state index is -4.80. The van der Waals surface area contributed by atoms with Crippen LogP contribution >= 0.6 is 22.9 Å². The molecule has 1 N–H and O–H groups in total. The molecule has 12 heteroatoms. The maximum Gasteiger partial charge on any atom is 0.415 e. The lowest BCUT2D eigenvalue weighted by Crippen LogP contribution is -2.45. The first-order chi connectivity index (χ1) is 16.4. The smallest absolute Gasteiger partial charge is 0.415 e. The molecule has 6 nitrogen and oxygen atoms in total. The Morgan fingerprint density at radius 2 is 2.09 bits per heavy atom. The molecule has 0 bridgehead atoms. The van der Waals surface area contributed by atoms with Crippen LogP contribution in [0.1, 0.15) is 18.4 Å². The monoisotopic (exact) mass is 543 g/mol. The lowest BCUT2D eigenvalue weighted by atomic mass is 9.95. The van der Waals surface area contributed by atoms with Crippen LogP contribution < -0.4 is 4.72 Å². The molecule has 1 aliphatic heterocycles. The van der Waals surface area contributed by atoms with Crippen molar-refractivity contribution in [3.63, 3.8) is 0 Å². The first-order valence-corrected chi connectivity index (χ1v) is 13.3. The molecule has 1 fully saturated rings. The Morgan fingerprint density at radius 3 is 2.74 bits per heavy atom. The zero-order valence-corrected chi connectivity index (χ0v) is 20.9. The van der Waals surface area contributed by atoms with Crippen molar-refractivity contribution in [2.45, 2.75) is 34.2 Å². The molecule has 0 saturated carbocycles. The van der Waals surface area contributed by atoms with Crippen molar-refractivity contribution >= 4 is 33.0 Å². The van der Waals surface area contributed by atoms with E-state index in [9.17, 15) is 21.6 Å². The van der Waals surface area contributed by atoms with Gasteiger partial charge in [-0.2, -0.15) is 18.4 Å². The van der Waals surface area contributed by atoms with Crippen LogP contribution in [0.5, 0.6) is 0 Å². The minimum Gasteiger partial charge on any atom is -0.491 e. The minimum absolute atomic E-state index is 0.0254. The van der Waals surface area contributed by atoms with Gasteiger partial charge in [-0.1, -0.05) is 18.2 Å². The molecule has 0 spiro atoms. The van der Waals surface area contributed by atoms with E-state index in [0.717, 1.165) is 23.5 Å². The Bertz CT molecular complexity index is 1330. The summed E-state index contributed by atoms with van der Waals surface area (Å²) in [7, 11) is -2.26. The fraction of sp³-hybridized carbons (Fsp3) is 0.348. The van der Waals surface area contributed by atoms with Crippen molar-refractivity contribution in [2.75, 3.05) is 20.1 Å². The van der Waals surface area contributed by atoms with E-state index in [0.29, 0.717) is 35.5 Å². The molecular formula is C23H21ClF3N3O3S2. The Hall–Kier alpha value is -2.52. The van der Waals surface area contributed by atoms with Gasteiger partial charge in [-0.3, -0.25) is 4.72 Å². The van der Waals surface area contributed by atoms with Gasteiger partial charge in [0.05, 0.1) is 11.6 Å². The first-order valence-electron chi connectivity index (χ1n) is 10.6. The second-order valence-electron chi connectivity index (χ2n) is 8.38. The standard InChI is InChI=1S/C23H21ClF3N3O3S2/c1-30-10-8-18(14-30)33-20-12-17(7-9-22(20,24)23(25,26)27)29-35(31,32)21-6-5-19(34-21)16-4-2-3-15(11-16)13-28/h2-7,11-12,18,29H,8-10,14H2,1H3/t18-,22?/m1/s1. The number of nitrogens with one attached hydrogen (secondary N) is 1. The van der Waals surface area contributed by atoms with E-state index in [-0.39, 0.29) is 9.91 Å². The van der Waals surface area contributed by atoms with E-state index in [2.05, 4.69) is 4.72 Å². The second-order valence-corrected chi connectivity index (χ2v) is 12.0. The summed E-state index contributed by atoms with van der Waals surface area (Å²) in [6.45, 7) is 1.12. The normalized spacial score (nSPS) is 23.4. The molecule has 186 valence electrons. The fourth-order valence-corrected chi connectivity index (χ4v) is 6.40. The summed E-state index contributed by atoms with van der Waals surface area (Å²) in [5, 5.41) is 9.08. The molecule has 1 saturated heterocycles. The van der Waals surface area contributed by atoms with Crippen LogP contribution in [-0.4, -0.2) is 50.6 Å². The predicted molar refractivity (Wildman–Crippen MR) is 127 cm³/mol. The van der Waals surface area contributed by atoms with Crippen molar-refractivity contribution in [1.29, 1.82) is 5.26 Å². The molecule has 1 aliphatic carbocycles. The van der Waals surface area contributed by atoms with Crippen LogP contribution in [-0.2, 0) is 14.8 Å². The number of allylic oxidation sites excluding steroid dienone is 3. The molecule has 0 radical (unpaired) electrons. The average Bonchev–Trinajstić information content (AvgIpc) is 3.45. The topological polar surface area (TPSA) is 82.4 Å². The molecule has 4 rings (SSSR count). The Balaban J connectivity index is 1.58. The molecular weight excluding hydrogens is 523 g/mol. The zero-order chi connectivity index (χ0) is 25.4. The van der Waals surface area contributed by atoms with E-state index in [4.69, 9.17) is 21.6 Å². The lowest BCUT2D eigenvalue weighted by Gasteiger charge is -2.35. The van der Waals surface area contributed by atoms with Crippen molar-refractivity contribution in [1.82, 2.24) is 9.62 Å². The third-order valence-electron chi connectivity index (χ3n) is 5.75. The molecule has 2 aliphatic rings. The molecule has 2 heterocycles. The largest absolute Gasteiger partial charge is 0.491 e. The summed E-state index contributed by atoms with van der Waals surface area (Å²) in [5.41, 5.74) is 1.07. The van der Waals surface area contributed by atoms with E-state index >= 15 is 0 Å². The van der Waals surface area contributed by atoms with Gasteiger partial charge >= 0.3 is 6.18 Å². The number of ether oxygens (including phenoxy) is 1. The summed E-state index contributed by atoms with van der Waals surface area (Å²) in [4.78, 5) is -0.218. The number of halogens is 4. The summed E-state index contributed by atoms with van der Waals surface area (Å²) >= 11 is 6.99. The number of hydrogen-bond donors (Lipinski definition) is 1. The lowest BCUT2D eigenvalue weighted by molar-refractivity contribution is -0.163. The van der Waals surface area contributed by atoms with Crippen molar-refractivity contribution in [2.24, 2.45) is 0 Å². The van der Waals surface area contributed by atoms with Gasteiger partial charge in [0.25, 0.3) is 10.0 Å². The maximum absolute atomic E-state index is 13.8. The van der Waals surface area contributed by atoms with Crippen molar-refractivity contribution in [3.8, 4) is 16.5 Å². The van der Waals surface area contributed by atoms with Gasteiger partial charge in [0.15, 0.2) is 4.87 Å². The number of likely N-dealkylation sites (N-methyl/N-ethyl adjacent to an activating group) is 1. The van der Waals surface area contributed by atoms with Gasteiger partial charge in [-0.15, -0.1) is 22.9 Å². The van der Waals surface area contributed by atoms with Crippen molar-refractivity contribution in [3.05, 3.63) is 65.6 Å². The molecule has 1 unspecified atom stereocenters. The van der Waals surface area contributed by atoms with Crippen LogP contribution in [0.2, 0.25) is 0 Å². The third-order valence-corrected chi connectivity index (χ3v) is 9.31. The molecule has 1 aromatic heterocycles. The van der Waals surface area contributed by atoms with E-state index < -0.39 is 39.4 Å². The van der Waals surface area contributed by atoms with Gasteiger partial charge in [0.2, 0.25) is 0 Å². The van der Waals surface area contributed by atoms with Crippen LogP contribution in [0.4, 0.5) is 13.2 Å². The summed E-state index contributed by atoms with van der Waals surface area (Å²) in [6, 6.07) is 11.8.